The first-order valence-corrected chi connectivity index (χ1v) is 5.83. The van der Waals surface area contributed by atoms with E-state index < -0.39 is 0 Å². The van der Waals surface area contributed by atoms with Crippen LogP contribution in [0.25, 0.3) is 0 Å². The predicted molar refractivity (Wildman–Crippen MR) is 75.1 cm³/mol. The van der Waals surface area contributed by atoms with Gasteiger partial charge in [0.15, 0.2) is 5.11 Å². The van der Waals surface area contributed by atoms with Gasteiger partial charge in [-0.2, -0.15) is 0 Å². The lowest BCUT2D eigenvalue weighted by molar-refractivity contribution is 0.512. The fraction of sp³-hybridized carbons (Fsp3) is 0.462. The molecule has 0 saturated heterocycles. The number of nitrogens with zero attached hydrogens (tertiary/aromatic N) is 1. The zero-order valence-corrected chi connectivity index (χ0v) is 11.5. The van der Waals surface area contributed by atoms with E-state index in [1.807, 2.05) is 11.9 Å². The fourth-order valence-corrected chi connectivity index (χ4v) is 1.70. The average Bonchev–Trinajstić information content (AvgIpc) is 2.15. The molecule has 0 aliphatic rings. The van der Waals surface area contributed by atoms with Crippen LogP contribution in [-0.4, -0.2) is 17.7 Å². The maximum Gasteiger partial charge on any atom is 0.173 e. The van der Waals surface area contributed by atoms with Gasteiger partial charge >= 0.3 is 0 Å². The fourth-order valence-electron chi connectivity index (χ4n) is 1.29. The van der Waals surface area contributed by atoms with E-state index in [4.69, 9.17) is 12.2 Å². The first kappa shape index (κ1) is 13.0. The predicted octanol–water partition coefficient (Wildman–Crippen LogP) is 3.10. The van der Waals surface area contributed by atoms with Crippen LogP contribution in [-0.2, 0) is 0 Å². The largest absolute Gasteiger partial charge is 0.358 e. The van der Waals surface area contributed by atoms with Crippen LogP contribution in [0.15, 0.2) is 24.3 Å². The highest BCUT2D eigenvalue weighted by Gasteiger charge is 2.14. The monoisotopic (exact) mass is 236 g/mol. The Hall–Kier alpha value is -1.09. The molecule has 0 atom stereocenters. The number of rotatable bonds is 1. The SMILES string of the molecule is Cc1ccc(N(C)C(=S)NC(C)(C)C)cc1. The molecule has 0 heterocycles. The van der Waals surface area contributed by atoms with Crippen LogP contribution in [0.3, 0.4) is 0 Å². The summed E-state index contributed by atoms with van der Waals surface area (Å²) in [5, 5.41) is 4.04. The Balaban J connectivity index is 2.74. The minimum Gasteiger partial charge on any atom is -0.358 e. The number of benzene rings is 1. The van der Waals surface area contributed by atoms with Gasteiger partial charge in [-0.1, -0.05) is 17.7 Å². The summed E-state index contributed by atoms with van der Waals surface area (Å²) >= 11 is 5.35. The second kappa shape index (κ2) is 4.83. The number of anilines is 1. The van der Waals surface area contributed by atoms with Crippen molar-refractivity contribution in [1.82, 2.24) is 5.32 Å². The quantitative estimate of drug-likeness (QED) is 0.754. The van der Waals surface area contributed by atoms with Gasteiger partial charge in [0.2, 0.25) is 0 Å². The molecule has 1 rings (SSSR count). The van der Waals surface area contributed by atoms with Crippen LogP contribution < -0.4 is 10.2 Å². The lowest BCUT2D eigenvalue weighted by atomic mass is 10.1. The van der Waals surface area contributed by atoms with Crippen molar-refractivity contribution in [2.75, 3.05) is 11.9 Å². The Morgan fingerprint density at radius 3 is 2.12 bits per heavy atom. The molecule has 0 saturated carbocycles. The van der Waals surface area contributed by atoms with E-state index in [9.17, 15) is 0 Å². The van der Waals surface area contributed by atoms with Gasteiger partial charge in [0.25, 0.3) is 0 Å². The van der Waals surface area contributed by atoms with Gasteiger partial charge in [0.05, 0.1) is 0 Å². The number of nitrogens with one attached hydrogen (secondary N) is 1. The molecule has 3 heteroatoms. The molecule has 0 aromatic heterocycles. The van der Waals surface area contributed by atoms with Crippen molar-refractivity contribution in [2.24, 2.45) is 0 Å². The van der Waals surface area contributed by atoms with Gasteiger partial charge in [-0.05, 0) is 52.0 Å². The molecule has 0 aliphatic carbocycles. The summed E-state index contributed by atoms with van der Waals surface area (Å²) < 4.78 is 0. The topological polar surface area (TPSA) is 15.3 Å². The summed E-state index contributed by atoms with van der Waals surface area (Å²) in [4.78, 5) is 1.99. The first-order chi connectivity index (χ1) is 7.29. The lowest BCUT2D eigenvalue weighted by Gasteiger charge is -2.28. The molecule has 16 heavy (non-hydrogen) atoms. The van der Waals surface area contributed by atoms with Crippen LogP contribution in [0.4, 0.5) is 5.69 Å². The molecular weight excluding hydrogens is 216 g/mol. The van der Waals surface area contributed by atoms with Crippen molar-refractivity contribution in [1.29, 1.82) is 0 Å². The minimum absolute atomic E-state index is 0.00393. The van der Waals surface area contributed by atoms with E-state index in [0.29, 0.717) is 0 Å². The van der Waals surface area contributed by atoms with Crippen LogP contribution in [0.1, 0.15) is 26.3 Å². The van der Waals surface area contributed by atoms with Gasteiger partial charge in [0.1, 0.15) is 0 Å². The second-order valence-electron chi connectivity index (χ2n) is 5.07. The molecule has 0 aliphatic heterocycles. The van der Waals surface area contributed by atoms with Gasteiger partial charge < -0.3 is 10.2 Å². The van der Waals surface area contributed by atoms with E-state index in [0.717, 1.165) is 10.8 Å². The third-order valence-electron chi connectivity index (χ3n) is 2.21. The number of hydrogen-bond acceptors (Lipinski definition) is 1. The molecule has 2 nitrogen and oxygen atoms in total. The summed E-state index contributed by atoms with van der Waals surface area (Å²) in [7, 11) is 1.98. The molecule has 1 aromatic rings. The van der Waals surface area contributed by atoms with E-state index in [1.54, 1.807) is 0 Å². The van der Waals surface area contributed by atoms with E-state index in [2.05, 4.69) is 57.3 Å². The van der Waals surface area contributed by atoms with Gasteiger partial charge in [0, 0.05) is 18.3 Å². The molecule has 1 N–H and O–H groups in total. The van der Waals surface area contributed by atoms with Crippen molar-refractivity contribution in [3.05, 3.63) is 29.8 Å². The zero-order valence-electron chi connectivity index (χ0n) is 10.7. The third-order valence-corrected chi connectivity index (χ3v) is 2.58. The van der Waals surface area contributed by atoms with Crippen molar-refractivity contribution in [3.63, 3.8) is 0 Å². The Bertz CT molecular complexity index is 363. The normalized spacial score (nSPS) is 11.1. The molecule has 0 amide bonds. The van der Waals surface area contributed by atoms with Gasteiger partial charge in [-0.15, -0.1) is 0 Å². The maximum atomic E-state index is 5.35. The van der Waals surface area contributed by atoms with Crippen molar-refractivity contribution in [3.8, 4) is 0 Å². The second-order valence-corrected chi connectivity index (χ2v) is 5.46. The van der Waals surface area contributed by atoms with Crippen molar-refractivity contribution in [2.45, 2.75) is 33.2 Å². The van der Waals surface area contributed by atoms with Crippen LogP contribution in [0, 0.1) is 6.92 Å². The molecule has 0 bridgehead atoms. The highest BCUT2D eigenvalue weighted by molar-refractivity contribution is 7.80. The highest BCUT2D eigenvalue weighted by atomic mass is 32.1. The summed E-state index contributed by atoms with van der Waals surface area (Å²) in [5.74, 6) is 0. The Morgan fingerprint density at radius 2 is 1.69 bits per heavy atom. The highest BCUT2D eigenvalue weighted by Crippen LogP contribution is 2.14. The molecule has 0 unspecified atom stereocenters. The van der Waals surface area contributed by atoms with Crippen LogP contribution >= 0.6 is 12.2 Å². The summed E-state index contributed by atoms with van der Waals surface area (Å²) in [6, 6.07) is 8.33. The molecule has 88 valence electrons. The molecule has 0 fully saturated rings. The van der Waals surface area contributed by atoms with Crippen LogP contribution in [0.2, 0.25) is 0 Å². The molecule has 0 spiro atoms. The number of thiocarbonyl (C=S) groups is 1. The van der Waals surface area contributed by atoms with Crippen molar-refractivity contribution >= 4 is 23.0 Å². The Labute approximate surface area is 104 Å². The minimum atomic E-state index is -0.00393. The standard InChI is InChI=1S/C13H20N2S/c1-10-6-8-11(9-7-10)15(5)12(16)14-13(2,3)4/h6-9H,1-5H3,(H,14,16). The maximum absolute atomic E-state index is 5.35. The van der Waals surface area contributed by atoms with Crippen LogP contribution in [0.5, 0.6) is 0 Å². The van der Waals surface area contributed by atoms with E-state index >= 15 is 0 Å². The summed E-state index contributed by atoms with van der Waals surface area (Å²) in [5.41, 5.74) is 2.36. The molecular formula is C13H20N2S. The third kappa shape index (κ3) is 3.81. The number of aryl methyl sites for hydroxylation is 1. The lowest BCUT2D eigenvalue weighted by Crippen LogP contribution is -2.47. The average molecular weight is 236 g/mol. The summed E-state index contributed by atoms with van der Waals surface area (Å²) in [6.45, 7) is 8.38. The van der Waals surface area contributed by atoms with Gasteiger partial charge in [-0.25, -0.2) is 0 Å². The van der Waals surface area contributed by atoms with Crippen molar-refractivity contribution < 1.29 is 0 Å². The smallest absolute Gasteiger partial charge is 0.173 e. The number of hydrogen-bond donors (Lipinski definition) is 1. The summed E-state index contributed by atoms with van der Waals surface area (Å²) in [6.07, 6.45) is 0. The Kier molecular flexibility index (Phi) is 3.92. The van der Waals surface area contributed by atoms with E-state index in [1.165, 1.54) is 5.56 Å². The zero-order chi connectivity index (χ0) is 12.3. The first-order valence-electron chi connectivity index (χ1n) is 5.42. The molecule has 0 radical (unpaired) electrons. The van der Waals surface area contributed by atoms with E-state index in [-0.39, 0.29) is 5.54 Å². The Morgan fingerprint density at radius 1 is 1.19 bits per heavy atom. The van der Waals surface area contributed by atoms with Gasteiger partial charge in [-0.3, -0.25) is 0 Å². The molecule has 1 aromatic carbocycles.